The molecule has 0 N–H and O–H groups in total. The number of carbonyl (C=O) groups excluding carboxylic acids is 3. The highest BCUT2D eigenvalue weighted by Crippen LogP contribution is 2.48. The van der Waals surface area contributed by atoms with Gasteiger partial charge in [0.1, 0.15) is 6.54 Å². The summed E-state index contributed by atoms with van der Waals surface area (Å²) in [5.74, 6) is -1.24. The smallest absolute Gasteiger partial charge is 0.261 e. The van der Waals surface area contributed by atoms with Crippen LogP contribution in [0, 0.1) is 0 Å². The van der Waals surface area contributed by atoms with E-state index in [0.717, 1.165) is 49.4 Å². The van der Waals surface area contributed by atoms with Gasteiger partial charge in [0.15, 0.2) is 0 Å². The number of hydrogen-bond acceptors (Lipinski definition) is 3. The topological polar surface area (TPSA) is 57.7 Å². The minimum Gasteiger partial charge on any atom is -0.301 e. The van der Waals surface area contributed by atoms with Crippen LogP contribution < -0.4 is 4.90 Å². The lowest BCUT2D eigenvalue weighted by molar-refractivity contribution is -0.119. The summed E-state index contributed by atoms with van der Waals surface area (Å²) in [5.41, 5.74) is 6.65. The van der Waals surface area contributed by atoms with Crippen LogP contribution in [0.5, 0.6) is 0 Å². The fourth-order valence-electron chi connectivity index (χ4n) is 8.21. The van der Waals surface area contributed by atoms with E-state index < -0.39 is 22.8 Å². The number of amides is 3. The molecule has 2 aliphatic rings. The van der Waals surface area contributed by atoms with Gasteiger partial charge in [-0.15, -0.1) is 0 Å². The van der Waals surface area contributed by atoms with E-state index in [1.54, 1.807) is 17.0 Å². The lowest BCUT2D eigenvalue weighted by atomic mass is 9.64. The summed E-state index contributed by atoms with van der Waals surface area (Å²) in [5, 5.41) is 1.47. The van der Waals surface area contributed by atoms with Crippen LogP contribution in [0.3, 0.4) is 0 Å². The van der Waals surface area contributed by atoms with Gasteiger partial charge in [0.05, 0.1) is 16.6 Å². The van der Waals surface area contributed by atoms with Crippen LogP contribution in [0.1, 0.15) is 69.3 Å². The van der Waals surface area contributed by atoms with Crippen molar-refractivity contribution in [1.82, 2.24) is 4.90 Å². The maximum Gasteiger partial charge on any atom is 0.261 e. The monoisotopic (exact) mass is 652 g/mol. The average molecular weight is 653 g/mol. The molecule has 0 aliphatic carbocycles. The summed E-state index contributed by atoms with van der Waals surface area (Å²) >= 11 is 0. The van der Waals surface area contributed by atoms with Crippen LogP contribution in [0.25, 0.3) is 16.3 Å². The number of benzene rings is 6. The van der Waals surface area contributed by atoms with E-state index in [1.807, 2.05) is 62.4 Å². The van der Waals surface area contributed by atoms with Crippen molar-refractivity contribution in [2.75, 3.05) is 11.4 Å². The summed E-state index contributed by atoms with van der Waals surface area (Å²) in [7, 11) is 0. The fraction of sp³-hybridized carbons (Fsp3) is 0.133. The minimum absolute atomic E-state index is 0.332. The van der Waals surface area contributed by atoms with Crippen LogP contribution in [-0.2, 0) is 10.2 Å². The molecule has 6 aromatic carbocycles. The molecule has 5 nitrogen and oxygen atoms in total. The molecule has 0 radical (unpaired) electrons. The van der Waals surface area contributed by atoms with Gasteiger partial charge in [-0.2, -0.15) is 0 Å². The number of carbonyl (C=O) groups is 3. The van der Waals surface area contributed by atoms with Crippen LogP contribution in [0.2, 0.25) is 0 Å². The molecular weight excluding hydrogens is 617 g/mol. The Morgan fingerprint density at radius 3 is 1.60 bits per heavy atom. The average Bonchev–Trinajstić information content (AvgIpc) is 3.14. The van der Waals surface area contributed by atoms with Gasteiger partial charge < -0.3 is 4.90 Å². The zero-order chi connectivity index (χ0) is 34.6. The number of nitrogens with zero attached hydrogens (tertiary/aromatic N) is 2. The van der Waals surface area contributed by atoms with Crippen LogP contribution in [0.4, 0.5) is 5.69 Å². The number of fused-ring (bicyclic) bond motifs is 1. The van der Waals surface area contributed by atoms with E-state index in [9.17, 15) is 14.4 Å². The second kappa shape index (κ2) is 11.8. The zero-order valence-electron chi connectivity index (χ0n) is 28.3. The lowest BCUT2D eigenvalue weighted by Gasteiger charge is -2.43. The Bertz CT molecular complexity index is 2200. The summed E-state index contributed by atoms with van der Waals surface area (Å²) in [6, 6.07) is 48.8. The van der Waals surface area contributed by atoms with Gasteiger partial charge in [-0.1, -0.05) is 127 Å². The van der Waals surface area contributed by atoms with Crippen molar-refractivity contribution in [1.29, 1.82) is 0 Å². The highest BCUT2D eigenvalue weighted by molar-refractivity contribution is 6.26. The zero-order valence-corrected chi connectivity index (χ0v) is 28.3. The minimum atomic E-state index is -0.717. The van der Waals surface area contributed by atoms with Gasteiger partial charge in [-0.05, 0) is 78.2 Å². The molecule has 6 aromatic rings. The molecule has 0 spiro atoms. The highest BCUT2D eigenvalue weighted by Gasteiger charge is 2.42. The van der Waals surface area contributed by atoms with Crippen LogP contribution in [-0.4, -0.2) is 34.7 Å². The normalized spacial score (nSPS) is 15.1. The van der Waals surface area contributed by atoms with E-state index >= 15 is 0 Å². The number of anilines is 1. The molecule has 0 unspecified atom stereocenters. The first kappa shape index (κ1) is 31.2. The molecule has 2 aliphatic heterocycles. The Hall–Kier alpha value is -6.07. The third-order valence-electron chi connectivity index (χ3n) is 10.3. The van der Waals surface area contributed by atoms with Crippen molar-refractivity contribution < 1.29 is 14.4 Å². The molecule has 0 bridgehead atoms. The van der Waals surface area contributed by atoms with Crippen molar-refractivity contribution in [3.8, 4) is 0 Å². The predicted octanol–water partition coefficient (Wildman–Crippen LogP) is 9.05. The maximum absolute atomic E-state index is 14.5. The molecule has 2 heterocycles. The van der Waals surface area contributed by atoms with E-state index in [0.29, 0.717) is 16.5 Å². The molecule has 8 rings (SSSR count). The van der Waals surface area contributed by atoms with Crippen molar-refractivity contribution in [2.24, 2.45) is 0 Å². The summed E-state index contributed by atoms with van der Waals surface area (Å²) in [4.78, 5) is 44.9. The van der Waals surface area contributed by atoms with Crippen molar-refractivity contribution in [3.63, 3.8) is 0 Å². The summed E-state index contributed by atoms with van der Waals surface area (Å²) < 4.78 is 0. The van der Waals surface area contributed by atoms with Crippen molar-refractivity contribution >= 4 is 39.8 Å². The molecule has 244 valence electrons. The van der Waals surface area contributed by atoms with Gasteiger partial charge >= 0.3 is 0 Å². The molecule has 50 heavy (non-hydrogen) atoms. The van der Waals surface area contributed by atoms with E-state index in [4.69, 9.17) is 0 Å². The van der Waals surface area contributed by atoms with Gasteiger partial charge in [0, 0.05) is 22.1 Å². The Balaban J connectivity index is 1.25. The van der Waals surface area contributed by atoms with Crippen LogP contribution in [0.15, 0.2) is 152 Å². The Morgan fingerprint density at radius 2 is 1.10 bits per heavy atom. The van der Waals surface area contributed by atoms with Crippen LogP contribution >= 0.6 is 0 Å². The third-order valence-corrected chi connectivity index (χ3v) is 10.3. The van der Waals surface area contributed by atoms with Crippen molar-refractivity contribution in [3.05, 3.63) is 191 Å². The Morgan fingerprint density at radius 1 is 0.600 bits per heavy atom. The third kappa shape index (κ3) is 4.72. The lowest BCUT2D eigenvalue weighted by Crippen LogP contribution is -2.54. The quantitative estimate of drug-likeness (QED) is 0.133. The fourth-order valence-corrected chi connectivity index (χ4v) is 8.21. The molecule has 0 aromatic heterocycles. The Labute approximate surface area is 292 Å². The largest absolute Gasteiger partial charge is 0.301 e. The summed E-state index contributed by atoms with van der Waals surface area (Å²) in [6.07, 6.45) is 2.10. The molecular formula is C45H36N2O3. The first-order valence-corrected chi connectivity index (χ1v) is 16.9. The SMILES string of the molecule is CC1=CC(C)(C)N(C(=O)CN2C(=O)c3cccc4cccc(c34)C2=O)c2ccc(C(c3ccccc3)(c3ccccc3)c3ccccc3)cc21. The second-order valence-corrected chi connectivity index (χ2v) is 13.7. The van der Waals surface area contributed by atoms with Crippen molar-refractivity contribution in [2.45, 2.75) is 31.7 Å². The van der Waals surface area contributed by atoms with Gasteiger partial charge in [0.2, 0.25) is 5.91 Å². The first-order valence-electron chi connectivity index (χ1n) is 16.9. The summed E-state index contributed by atoms with van der Waals surface area (Å²) in [6.45, 7) is 5.69. The van der Waals surface area contributed by atoms with Gasteiger partial charge in [-0.3, -0.25) is 19.3 Å². The first-order chi connectivity index (χ1) is 24.2. The number of rotatable bonds is 6. The highest BCUT2D eigenvalue weighted by atomic mass is 16.2. The predicted molar refractivity (Wildman–Crippen MR) is 199 cm³/mol. The van der Waals surface area contributed by atoms with Gasteiger partial charge in [0.25, 0.3) is 11.8 Å². The molecule has 5 heteroatoms. The molecule has 0 fully saturated rings. The number of imide groups is 1. The number of allylic oxidation sites excluding steroid dienone is 1. The Kier molecular flexibility index (Phi) is 7.37. The maximum atomic E-state index is 14.5. The van der Waals surface area contributed by atoms with E-state index in [2.05, 4.69) is 97.9 Å². The van der Waals surface area contributed by atoms with E-state index in [-0.39, 0.29) is 12.5 Å². The molecule has 0 saturated heterocycles. The molecule has 3 amide bonds. The standard InChI is InChI=1S/C45H36N2O3/c1-30-28-44(2,3)47(40(48)29-46-42(49)36-23-13-15-31-16-14-24-37(41(31)36)43(46)50)39-26-25-35(27-38(30)39)45(32-17-7-4-8-18-32,33-19-9-5-10-20-33)34-21-11-6-12-22-34/h4-28H,29H2,1-3H3. The molecule has 0 saturated carbocycles. The van der Waals surface area contributed by atoms with Gasteiger partial charge in [-0.25, -0.2) is 0 Å². The number of hydrogen-bond donors (Lipinski definition) is 0. The second-order valence-electron chi connectivity index (χ2n) is 13.7. The molecule has 0 atom stereocenters. The van der Waals surface area contributed by atoms with E-state index in [1.165, 1.54) is 0 Å².